The monoisotopic (exact) mass is 210 g/mol. The Morgan fingerprint density at radius 2 is 2.47 bits per heavy atom. The molecule has 0 radical (unpaired) electrons. The number of nitriles is 1. The molecule has 1 atom stereocenters. The van der Waals surface area contributed by atoms with Crippen LogP contribution in [0.1, 0.15) is 19.3 Å². The van der Waals surface area contributed by atoms with Crippen molar-refractivity contribution in [3.05, 3.63) is 0 Å². The average molecular weight is 210 g/mol. The zero-order valence-corrected chi connectivity index (χ0v) is 8.91. The number of nitrogens with two attached hydrogens (primary N) is 1. The molecule has 1 saturated heterocycles. The van der Waals surface area contributed by atoms with E-state index in [0.29, 0.717) is 19.5 Å². The first-order chi connectivity index (χ1) is 7.22. The summed E-state index contributed by atoms with van der Waals surface area (Å²) in [5, 5.41) is 11.0. The Kier molecular flexibility index (Phi) is 5.08. The first-order valence-electron chi connectivity index (χ1n) is 5.34. The van der Waals surface area contributed by atoms with E-state index >= 15 is 0 Å². The second-order valence-corrected chi connectivity index (χ2v) is 3.90. The van der Waals surface area contributed by atoms with Gasteiger partial charge in [-0.25, -0.2) is 0 Å². The minimum absolute atomic E-state index is 0.0145. The summed E-state index contributed by atoms with van der Waals surface area (Å²) >= 11 is 0. The zero-order chi connectivity index (χ0) is 11.1. The van der Waals surface area contributed by atoms with E-state index in [9.17, 15) is 4.79 Å². The summed E-state index contributed by atoms with van der Waals surface area (Å²) in [4.78, 5) is 13.5. The maximum atomic E-state index is 11.4. The number of piperidine rings is 1. The fraction of sp³-hybridized carbons (Fsp3) is 0.800. The lowest BCUT2D eigenvalue weighted by Gasteiger charge is -2.29. The van der Waals surface area contributed by atoms with Crippen LogP contribution in [0.15, 0.2) is 0 Å². The number of carbonyl (C=O) groups is 1. The maximum absolute atomic E-state index is 11.4. The second-order valence-electron chi connectivity index (χ2n) is 3.90. The van der Waals surface area contributed by atoms with E-state index in [1.165, 1.54) is 0 Å². The lowest BCUT2D eigenvalue weighted by Crippen LogP contribution is -2.47. The molecule has 84 valence electrons. The van der Waals surface area contributed by atoms with Gasteiger partial charge in [0.2, 0.25) is 5.91 Å². The van der Waals surface area contributed by atoms with Crippen LogP contribution in [0, 0.1) is 11.3 Å². The van der Waals surface area contributed by atoms with Gasteiger partial charge in [0.05, 0.1) is 19.0 Å². The van der Waals surface area contributed by atoms with Crippen LogP contribution in [0.2, 0.25) is 0 Å². The third kappa shape index (κ3) is 4.77. The van der Waals surface area contributed by atoms with E-state index in [1.807, 2.05) is 6.07 Å². The Balaban J connectivity index is 2.16. The van der Waals surface area contributed by atoms with Gasteiger partial charge in [-0.2, -0.15) is 5.26 Å². The van der Waals surface area contributed by atoms with Gasteiger partial charge < -0.3 is 11.1 Å². The van der Waals surface area contributed by atoms with E-state index in [0.717, 1.165) is 25.9 Å². The van der Waals surface area contributed by atoms with Crippen molar-refractivity contribution < 1.29 is 4.79 Å². The van der Waals surface area contributed by atoms with Gasteiger partial charge in [0.1, 0.15) is 0 Å². The third-order valence-corrected chi connectivity index (χ3v) is 2.47. The number of rotatable bonds is 4. The van der Waals surface area contributed by atoms with Crippen molar-refractivity contribution in [2.75, 3.05) is 26.2 Å². The third-order valence-electron chi connectivity index (χ3n) is 2.47. The summed E-state index contributed by atoms with van der Waals surface area (Å²) < 4.78 is 0. The molecule has 0 aromatic heterocycles. The number of carbonyl (C=O) groups excluding carboxylic acids is 1. The number of hydrogen-bond acceptors (Lipinski definition) is 4. The molecule has 5 heteroatoms. The molecule has 1 heterocycles. The number of nitrogens with one attached hydrogen (secondary N) is 1. The molecule has 0 aromatic rings. The van der Waals surface area contributed by atoms with Crippen LogP contribution >= 0.6 is 0 Å². The van der Waals surface area contributed by atoms with Crippen molar-refractivity contribution >= 4 is 5.91 Å². The van der Waals surface area contributed by atoms with Gasteiger partial charge in [-0.15, -0.1) is 0 Å². The number of likely N-dealkylation sites (tertiary alicyclic amines) is 1. The molecule has 1 aliphatic rings. The van der Waals surface area contributed by atoms with Crippen LogP contribution in [0.25, 0.3) is 0 Å². The Bertz CT molecular complexity index is 248. The number of amides is 1. The second kappa shape index (κ2) is 6.38. The summed E-state index contributed by atoms with van der Waals surface area (Å²) in [6.07, 6.45) is 2.48. The minimum atomic E-state index is -0.0145. The van der Waals surface area contributed by atoms with Crippen LogP contribution in [-0.4, -0.2) is 43.0 Å². The lowest BCUT2D eigenvalue weighted by atomic mass is 10.1. The Hall–Kier alpha value is -1.12. The van der Waals surface area contributed by atoms with Crippen molar-refractivity contribution in [3.8, 4) is 6.07 Å². The topological polar surface area (TPSA) is 82.2 Å². The fourth-order valence-corrected chi connectivity index (χ4v) is 1.75. The first-order valence-corrected chi connectivity index (χ1v) is 5.34. The smallest absolute Gasteiger partial charge is 0.234 e. The fourth-order valence-electron chi connectivity index (χ4n) is 1.75. The molecule has 1 fully saturated rings. The highest BCUT2D eigenvalue weighted by Gasteiger charge is 2.18. The van der Waals surface area contributed by atoms with Crippen LogP contribution in [0.5, 0.6) is 0 Å². The molecule has 0 spiro atoms. The number of nitrogens with zero attached hydrogens (tertiary/aromatic N) is 2. The van der Waals surface area contributed by atoms with Crippen molar-refractivity contribution in [2.45, 2.75) is 25.3 Å². The van der Waals surface area contributed by atoms with E-state index in [1.54, 1.807) is 0 Å². The van der Waals surface area contributed by atoms with Gasteiger partial charge in [0, 0.05) is 19.1 Å². The molecule has 0 bridgehead atoms. The van der Waals surface area contributed by atoms with E-state index in [2.05, 4.69) is 10.2 Å². The highest BCUT2D eigenvalue weighted by atomic mass is 16.2. The average Bonchev–Trinajstić information content (AvgIpc) is 2.18. The highest BCUT2D eigenvalue weighted by molar-refractivity contribution is 5.78. The number of hydrogen-bond donors (Lipinski definition) is 2. The van der Waals surface area contributed by atoms with Gasteiger partial charge in [0.15, 0.2) is 0 Å². The van der Waals surface area contributed by atoms with Gasteiger partial charge in [-0.05, 0) is 19.4 Å². The molecule has 1 aliphatic heterocycles. The van der Waals surface area contributed by atoms with E-state index in [-0.39, 0.29) is 11.9 Å². The Morgan fingerprint density at radius 3 is 3.13 bits per heavy atom. The molecule has 15 heavy (non-hydrogen) atoms. The Labute approximate surface area is 90.2 Å². The van der Waals surface area contributed by atoms with Gasteiger partial charge in [-0.1, -0.05) is 0 Å². The lowest BCUT2D eigenvalue weighted by molar-refractivity contribution is -0.122. The molecular weight excluding hydrogens is 192 g/mol. The SMILES string of the molecule is N#CCCNC(=O)CN1CCCC(N)C1. The predicted octanol–water partition coefficient (Wildman–Crippen LogP) is -0.561. The normalized spacial score (nSPS) is 22.0. The van der Waals surface area contributed by atoms with Crippen molar-refractivity contribution in [1.82, 2.24) is 10.2 Å². The molecule has 1 rings (SSSR count). The molecule has 0 aliphatic carbocycles. The van der Waals surface area contributed by atoms with Crippen LogP contribution < -0.4 is 11.1 Å². The van der Waals surface area contributed by atoms with E-state index in [4.69, 9.17) is 11.0 Å². The highest BCUT2D eigenvalue weighted by Crippen LogP contribution is 2.06. The van der Waals surface area contributed by atoms with Crippen molar-refractivity contribution in [3.63, 3.8) is 0 Å². The summed E-state index contributed by atoms with van der Waals surface area (Å²) in [5.74, 6) is -0.0145. The quantitative estimate of drug-likeness (QED) is 0.609. The largest absolute Gasteiger partial charge is 0.354 e. The minimum Gasteiger partial charge on any atom is -0.354 e. The van der Waals surface area contributed by atoms with Crippen molar-refractivity contribution in [2.24, 2.45) is 5.73 Å². The standard InChI is InChI=1S/C10H18N4O/c11-4-2-5-13-10(15)8-14-6-1-3-9(12)7-14/h9H,1-3,5-8,12H2,(H,13,15). The molecule has 0 aromatic carbocycles. The molecule has 1 unspecified atom stereocenters. The summed E-state index contributed by atoms with van der Waals surface area (Å²) in [7, 11) is 0. The van der Waals surface area contributed by atoms with Crippen LogP contribution in [-0.2, 0) is 4.79 Å². The van der Waals surface area contributed by atoms with E-state index < -0.39 is 0 Å². The zero-order valence-electron chi connectivity index (χ0n) is 8.91. The molecular formula is C10H18N4O. The van der Waals surface area contributed by atoms with Gasteiger partial charge in [-0.3, -0.25) is 9.69 Å². The van der Waals surface area contributed by atoms with Gasteiger partial charge in [0.25, 0.3) is 0 Å². The molecule has 5 nitrogen and oxygen atoms in total. The summed E-state index contributed by atoms with van der Waals surface area (Å²) in [6.45, 7) is 2.58. The summed E-state index contributed by atoms with van der Waals surface area (Å²) in [6, 6.07) is 2.19. The molecule has 3 N–H and O–H groups in total. The maximum Gasteiger partial charge on any atom is 0.234 e. The van der Waals surface area contributed by atoms with Gasteiger partial charge >= 0.3 is 0 Å². The molecule has 0 saturated carbocycles. The van der Waals surface area contributed by atoms with Crippen molar-refractivity contribution in [1.29, 1.82) is 5.26 Å². The first kappa shape index (κ1) is 12.0. The predicted molar refractivity (Wildman–Crippen MR) is 56.9 cm³/mol. The Morgan fingerprint density at radius 1 is 1.67 bits per heavy atom. The van der Waals surface area contributed by atoms with Crippen LogP contribution in [0.4, 0.5) is 0 Å². The van der Waals surface area contributed by atoms with Crippen LogP contribution in [0.3, 0.4) is 0 Å². The molecule has 1 amide bonds. The summed E-state index contributed by atoms with van der Waals surface area (Å²) in [5.41, 5.74) is 5.81.